The van der Waals surface area contributed by atoms with Crippen LogP contribution in [0.1, 0.15) is 41.8 Å². The first-order chi connectivity index (χ1) is 16.8. The number of benzene rings is 3. The highest BCUT2D eigenvalue weighted by molar-refractivity contribution is 7.92. The number of ether oxygens (including phenoxy) is 1. The van der Waals surface area contributed by atoms with Crippen LogP contribution in [-0.2, 0) is 14.8 Å². The molecule has 4 rings (SSSR count). The number of rotatable bonds is 8. The van der Waals surface area contributed by atoms with Gasteiger partial charge >= 0.3 is 5.97 Å². The average Bonchev–Trinajstić information content (AvgIpc) is 3.36. The number of hydrogen-bond donors (Lipinski definition) is 0. The number of carbonyl (C=O) groups is 1. The second kappa shape index (κ2) is 10.1. The fourth-order valence-electron chi connectivity index (χ4n) is 3.49. The van der Waals surface area contributed by atoms with Crippen LogP contribution in [0.4, 0.5) is 5.69 Å². The zero-order valence-corrected chi connectivity index (χ0v) is 20.4. The van der Waals surface area contributed by atoms with E-state index in [1.807, 2.05) is 37.3 Å². The average molecular weight is 492 g/mol. The highest BCUT2D eigenvalue weighted by Crippen LogP contribution is 2.26. The summed E-state index contributed by atoms with van der Waals surface area (Å²) in [5, 5.41) is 8.02. The number of carbonyl (C=O) groups excluding carboxylic acids is 1. The lowest BCUT2D eigenvalue weighted by atomic mass is 10.1. The van der Waals surface area contributed by atoms with Crippen LogP contribution in [0, 0.1) is 6.92 Å². The van der Waals surface area contributed by atoms with Gasteiger partial charge in [0.25, 0.3) is 15.9 Å². The minimum Gasteiger partial charge on any atom is -0.449 e. The molecule has 0 aliphatic carbocycles. The van der Waals surface area contributed by atoms with Gasteiger partial charge in [-0.05, 0) is 63.2 Å². The summed E-state index contributed by atoms with van der Waals surface area (Å²) in [6, 6.07) is 22.1. The molecule has 35 heavy (non-hydrogen) atoms. The van der Waals surface area contributed by atoms with Gasteiger partial charge < -0.3 is 9.15 Å². The van der Waals surface area contributed by atoms with E-state index < -0.39 is 22.1 Å². The lowest BCUT2D eigenvalue weighted by Gasteiger charge is -2.23. The van der Waals surface area contributed by atoms with E-state index in [1.165, 1.54) is 28.6 Å². The van der Waals surface area contributed by atoms with Crippen LogP contribution in [0.3, 0.4) is 0 Å². The maximum atomic E-state index is 13.3. The normalized spacial score (nSPS) is 12.2. The maximum Gasteiger partial charge on any atom is 0.338 e. The molecule has 0 amide bonds. The molecular weight excluding hydrogens is 466 g/mol. The van der Waals surface area contributed by atoms with Crippen molar-refractivity contribution in [1.82, 2.24) is 10.2 Å². The molecule has 180 valence electrons. The van der Waals surface area contributed by atoms with Gasteiger partial charge in [-0.1, -0.05) is 42.0 Å². The molecule has 0 fully saturated rings. The highest BCUT2D eigenvalue weighted by atomic mass is 32.2. The third-order valence-corrected chi connectivity index (χ3v) is 7.26. The molecule has 8 nitrogen and oxygen atoms in total. The van der Waals surface area contributed by atoms with Gasteiger partial charge in [-0.3, -0.25) is 4.31 Å². The van der Waals surface area contributed by atoms with Gasteiger partial charge in [-0.15, -0.1) is 10.2 Å². The Balaban J connectivity index is 1.51. The van der Waals surface area contributed by atoms with Crippen molar-refractivity contribution in [3.8, 4) is 11.5 Å². The number of para-hydroxylation sites is 1. The van der Waals surface area contributed by atoms with Crippen LogP contribution < -0.4 is 4.31 Å². The first kappa shape index (κ1) is 24.2. The Hall–Kier alpha value is -3.98. The summed E-state index contributed by atoms with van der Waals surface area (Å²) in [5.74, 6) is -0.247. The SMILES string of the molecule is CCN(c1ccccc1)S(=O)(=O)c1cccc(C(=O)OC(C)c2nnc(-c3ccc(C)cc3)o2)c1. The summed E-state index contributed by atoms with van der Waals surface area (Å²) in [6.07, 6.45) is -0.828. The van der Waals surface area contributed by atoms with Crippen molar-refractivity contribution in [1.29, 1.82) is 0 Å². The topological polar surface area (TPSA) is 103 Å². The Labute approximate surface area is 204 Å². The van der Waals surface area contributed by atoms with Crippen molar-refractivity contribution >= 4 is 21.7 Å². The van der Waals surface area contributed by atoms with E-state index in [-0.39, 0.29) is 22.9 Å². The summed E-state index contributed by atoms with van der Waals surface area (Å²) >= 11 is 0. The maximum absolute atomic E-state index is 13.3. The molecule has 0 bridgehead atoms. The fourth-order valence-corrected chi connectivity index (χ4v) is 5.01. The van der Waals surface area contributed by atoms with Gasteiger partial charge in [0, 0.05) is 12.1 Å². The Morgan fingerprint density at radius 2 is 1.71 bits per heavy atom. The lowest BCUT2D eigenvalue weighted by molar-refractivity contribution is 0.0279. The van der Waals surface area contributed by atoms with Crippen molar-refractivity contribution in [3.05, 3.63) is 95.9 Å². The van der Waals surface area contributed by atoms with Crippen molar-refractivity contribution in [3.63, 3.8) is 0 Å². The Bertz CT molecular complexity index is 1420. The molecular formula is C26H25N3O5S. The molecule has 1 aromatic heterocycles. The predicted molar refractivity (Wildman–Crippen MR) is 131 cm³/mol. The van der Waals surface area contributed by atoms with E-state index in [4.69, 9.17) is 9.15 Å². The number of sulfonamides is 1. The molecule has 0 N–H and O–H groups in total. The summed E-state index contributed by atoms with van der Waals surface area (Å²) in [7, 11) is -3.89. The van der Waals surface area contributed by atoms with Gasteiger partial charge in [0.05, 0.1) is 16.1 Å². The molecule has 0 spiro atoms. The molecule has 0 aliphatic heterocycles. The minimum absolute atomic E-state index is 0.00949. The number of aromatic nitrogens is 2. The van der Waals surface area contributed by atoms with Crippen molar-refractivity contribution in [2.24, 2.45) is 0 Å². The Morgan fingerprint density at radius 3 is 2.40 bits per heavy atom. The summed E-state index contributed by atoms with van der Waals surface area (Å²) in [4.78, 5) is 12.8. The molecule has 0 saturated heterocycles. The number of hydrogen-bond acceptors (Lipinski definition) is 7. The monoisotopic (exact) mass is 491 g/mol. The summed E-state index contributed by atoms with van der Waals surface area (Å²) in [5.41, 5.74) is 2.49. The lowest BCUT2D eigenvalue weighted by Crippen LogP contribution is -2.30. The van der Waals surface area contributed by atoms with Gasteiger partial charge in [0.2, 0.25) is 5.89 Å². The zero-order chi connectivity index (χ0) is 25.0. The number of esters is 1. The summed E-state index contributed by atoms with van der Waals surface area (Å²) < 4.78 is 39.0. The first-order valence-electron chi connectivity index (χ1n) is 11.1. The van der Waals surface area contributed by atoms with Crippen LogP contribution in [0.15, 0.2) is 88.2 Å². The second-order valence-electron chi connectivity index (χ2n) is 7.89. The van der Waals surface area contributed by atoms with E-state index in [1.54, 1.807) is 38.1 Å². The largest absolute Gasteiger partial charge is 0.449 e. The molecule has 0 radical (unpaired) electrons. The van der Waals surface area contributed by atoms with Crippen molar-refractivity contribution in [2.75, 3.05) is 10.8 Å². The number of aryl methyl sites for hydroxylation is 1. The standard InChI is InChI=1S/C26H25N3O5S/c1-4-29(22-10-6-5-7-11-22)35(31,32)23-12-8-9-21(17-23)26(30)33-19(3)24-27-28-25(34-24)20-15-13-18(2)14-16-20/h5-17,19H,4H2,1-3H3. The van der Waals surface area contributed by atoms with Crippen LogP contribution in [-0.4, -0.2) is 31.1 Å². The van der Waals surface area contributed by atoms with Crippen LogP contribution >= 0.6 is 0 Å². The van der Waals surface area contributed by atoms with Crippen LogP contribution in [0.5, 0.6) is 0 Å². The second-order valence-corrected chi connectivity index (χ2v) is 9.75. The van der Waals surface area contributed by atoms with Gasteiger partial charge in [0.15, 0.2) is 6.10 Å². The fraction of sp³-hybridized carbons (Fsp3) is 0.192. The first-order valence-corrected chi connectivity index (χ1v) is 12.5. The zero-order valence-electron chi connectivity index (χ0n) is 19.6. The van der Waals surface area contributed by atoms with E-state index >= 15 is 0 Å². The van der Waals surface area contributed by atoms with Crippen molar-refractivity contribution < 1.29 is 22.4 Å². The van der Waals surface area contributed by atoms with Gasteiger partial charge in [0.1, 0.15) is 0 Å². The van der Waals surface area contributed by atoms with E-state index in [9.17, 15) is 13.2 Å². The smallest absolute Gasteiger partial charge is 0.338 e. The minimum atomic E-state index is -3.89. The van der Waals surface area contributed by atoms with Gasteiger partial charge in [-0.2, -0.15) is 0 Å². The molecule has 1 heterocycles. The van der Waals surface area contributed by atoms with Crippen LogP contribution in [0.25, 0.3) is 11.5 Å². The van der Waals surface area contributed by atoms with Crippen LogP contribution in [0.2, 0.25) is 0 Å². The van der Waals surface area contributed by atoms with Crippen molar-refractivity contribution in [2.45, 2.75) is 31.8 Å². The van der Waals surface area contributed by atoms with Gasteiger partial charge in [-0.25, -0.2) is 13.2 Å². The highest BCUT2D eigenvalue weighted by Gasteiger charge is 2.26. The number of anilines is 1. The molecule has 0 saturated carbocycles. The van der Waals surface area contributed by atoms with E-state index in [0.29, 0.717) is 11.6 Å². The van der Waals surface area contributed by atoms with E-state index in [0.717, 1.165) is 11.1 Å². The molecule has 1 atom stereocenters. The molecule has 0 aliphatic rings. The Kier molecular flexibility index (Phi) is 6.97. The molecule has 1 unspecified atom stereocenters. The Morgan fingerprint density at radius 1 is 1.00 bits per heavy atom. The third kappa shape index (κ3) is 5.25. The third-order valence-electron chi connectivity index (χ3n) is 5.36. The molecule has 3 aromatic carbocycles. The number of nitrogens with zero attached hydrogens (tertiary/aromatic N) is 3. The summed E-state index contributed by atoms with van der Waals surface area (Å²) in [6.45, 7) is 5.57. The molecule has 9 heteroatoms. The molecule has 4 aromatic rings. The van der Waals surface area contributed by atoms with E-state index in [2.05, 4.69) is 10.2 Å². The predicted octanol–water partition coefficient (Wildman–Crippen LogP) is 5.18. The quantitative estimate of drug-likeness (QED) is 0.313.